The Kier molecular flexibility index (Phi) is 2.06. The average Bonchev–Trinajstić information content (AvgIpc) is 2.56. The molecular weight excluding hydrogens is 170 g/mol. The summed E-state index contributed by atoms with van der Waals surface area (Å²) in [6.45, 7) is 14.3. The van der Waals surface area contributed by atoms with E-state index in [2.05, 4.69) is 46.4 Å². The third kappa shape index (κ3) is 1.60. The van der Waals surface area contributed by atoms with Crippen molar-refractivity contribution >= 4 is 0 Å². The maximum absolute atomic E-state index is 2.79. The van der Waals surface area contributed by atoms with Crippen LogP contribution in [0.15, 0.2) is 0 Å². The van der Waals surface area contributed by atoms with E-state index in [0.717, 1.165) is 18.0 Å². The maximum atomic E-state index is 2.79. The van der Waals surface area contributed by atoms with Gasteiger partial charge < -0.3 is 0 Å². The first-order chi connectivity index (χ1) is 6.21. The van der Waals surface area contributed by atoms with Crippen molar-refractivity contribution in [3.05, 3.63) is 0 Å². The van der Waals surface area contributed by atoms with Gasteiger partial charge in [-0.05, 0) is 44.9 Å². The maximum Gasteiger partial charge on any atom is 0.0155 e. The van der Waals surface area contributed by atoms with Gasteiger partial charge >= 0.3 is 0 Å². The van der Waals surface area contributed by atoms with Gasteiger partial charge in [-0.15, -0.1) is 0 Å². The second kappa shape index (κ2) is 2.75. The number of hydrogen-bond donors (Lipinski definition) is 0. The molecule has 0 aromatic carbocycles. The minimum atomic E-state index is 0.355. The normalized spacial score (nSPS) is 38.6. The van der Waals surface area contributed by atoms with E-state index in [9.17, 15) is 0 Å². The Morgan fingerprint density at radius 3 is 1.86 bits per heavy atom. The minimum absolute atomic E-state index is 0.355. The molecule has 1 aliphatic heterocycles. The van der Waals surface area contributed by atoms with E-state index in [1.165, 1.54) is 12.8 Å². The molecule has 0 radical (unpaired) electrons. The zero-order valence-corrected chi connectivity index (χ0v) is 10.6. The molecule has 0 aromatic rings. The van der Waals surface area contributed by atoms with Gasteiger partial charge in [-0.25, -0.2) is 0 Å². The van der Waals surface area contributed by atoms with Crippen LogP contribution in [-0.4, -0.2) is 22.5 Å². The van der Waals surface area contributed by atoms with Gasteiger partial charge in [0.15, 0.2) is 0 Å². The molecule has 2 aliphatic rings. The Morgan fingerprint density at radius 1 is 0.929 bits per heavy atom. The highest BCUT2D eigenvalue weighted by Gasteiger charge is 2.57. The van der Waals surface area contributed by atoms with E-state index in [4.69, 9.17) is 0 Å². The predicted molar refractivity (Wildman–Crippen MR) is 61.3 cm³/mol. The summed E-state index contributed by atoms with van der Waals surface area (Å²) in [4.78, 5) is 2.79. The fourth-order valence-electron chi connectivity index (χ4n) is 3.19. The molecule has 82 valence electrons. The van der Waals surface area contributed by atoms with Gasteiger partial charge in [0, 0.05) is 17.6 Å². The Labute approximate surface area is 88.9 Å². The third-order valence-corrected chi connectivity index (χ3v) is 3.88. The second-order valence-electron chi connectivity index (χ2n) is 7.26. The lowest BCUT2D eigenvalue weighted by Crippen LogP contribution is -2.51. The highest BCUT2D eigenvalue weighted by atomic mass is 15.3. The van der Waals surface area contributed by atoms with Crippen LogP contribution >= 0.6 is 0 Å². The van der Waals surface area contributed by atoms with Crippen LogP contribution in [-0.2, 0) is 0 Å². The molecule has 0 bridgehead atoms. The minimum Gasteiger partial charge on any atom is -0.292 e. The lowest BCUT2D eigenvalue weighted by atomic mass is 9.82. The Balaban J connectivity index is 2.20. The van der Waals surface area contributed by atoms with E-state index in [-0.39, 0.29) is 0 Å². The smallest absolute Gasteiger partial charge is 0.0155 e. The zero-order valence-electron chi connectivity index (χ0n) is 10.6. The molecule has 1 nitrogen and oxygen atoms in total. The summed E-state index contributed by atoms with van der Waals surface area (Å²) in [5.74, 6) is 1.03. The monoisotopic (exact) mass is 195 g/mol. The van der Waals surface area contributed by atoms with E-state index in [0.29, 0.717) is 11.0 Å². The van der Waals surface area contributed by atoms with Crippen LogP contribution in [0.5, 0.6) is 0 Å². The summed E-state index contributed by atoms with van der Waals surface area (Å²) >= 11 is 0. The van der Waals surface area contributed by atoms with Gasteiger partial charge in [-0.2, -0.15) is 0 Å². The fraction of sp³-hybridized carbons (Fsp3) is 1.00. The van der Waals surface area contributed by atoms with Gasteiger partial charge in [-0.1, -0.05) is 20.8 Å². The van der Waals surface area contributed by atoms with Crippen molar-refractivity contribution in [1.29, 1.82) is 0 Å². The van der Waals surface area contributed by atoms with Crippen LogP contribution in [0.3, 0.4) is 0 Å². The van der Waals surface area contributed by atoms with Gasteiger partial charge in [0.2, 0.25) is 0 Å². The molecule has 0 N–H and O–H groups in total. The summed E-state index contributed by atoms with van der Waals surface area (Å²) in [5.41, 5.74) is 0.800. The lowest BCUT2D eigenvalue weighted by molar-refractivity contribution is 0.0363. The third-order valence-electron chi connectivity index (χ3n) is 3.88. The average molecular weight is 195 g/mol. The van der Waals surface area contributed by atoms with Crippen molar-refractivity contribution in [1.82, 2.24) is 4.90 Å². The molecule has 1 saturated heterocycles. The molecule has 0 amide bonds. The first-order valence-corrected chi connectivity index (χ1v) is 6.00. The van der Waals surface area contributed by atoms with E-state index < -0.39 is 0 Å². The van der Waals surface area contributed by atoms with Crippen molar-refractivity contribution in [3.8, 4) is 0 Å². The van der Waals surface area contributed by atoms with Gasteiger partial charge in [0.25, 0.3) is 0 Å². The van der Waals surface area contributed by atoms with E-state index in [1.54, 1.807) is 0 Å². The fourth-order valence-corrected chi connectivity index (χ4v) is 3.19. The number of rotatable bonds is 0. The molecule has 1 saturated carbocycles. The van der Waals surface area contributed by atoms with Crippen molar-refractivity contribution < 1.29 is 0 Å². The standard InChI is InChI=1S/C13H25N/c1-12(2,3)11-8-9-7-10(9)14(11)13(4,5)6/h9-11H,7-8H2,1-6H3/t9-,10?,11+/m1/s1. The van der Waals surface area contributed by atoms with Crippen molar-refractivity contribution in [3.63, 3.8) is 0 Å². The Morgan fingerprint density at radius 2 is 1.50 bits per heavy atom. The summed E-state index contributed by atoms with van der Waals surface area (Å²) in [6, 6.07) is 1.71. The van der Waals surface area contributed by atoms with E-state index in [1.807, 2.05) is 0 Å². The van der Waals surface area contributed by atoms with Gasteiger partial charge in [0.05, 0.1) is 0 Å². The lowest BCUT2D eigenvalue weighted by Gasteiger charge is -2.45. The second-order valence-corrected chi connectivity index (χ2v) is 7.26. The summed E-state index contributed by atoms with van der Waals surface area (Å²) in [7, 11) is 0. The summed E-state index contributed by atoms with van der Waals surface area (Å²) in [5, 5.41) is 0. The Hall–Kier alpha value is -0.0400. The van der Waals surface area contributed by atoms with E-state index >= 15 is 0 Å². The van der Waals surface area contributed by atoms with Crippen LogP contribution in [0.1, 0.15) is 54.4 Å². The van der Waals surface area contributed by atoms with Crippen molar-refractivity contribution in [2.75, 3.05) is 0 Å². The molecule has 2 fully saturated rings. The van der Waals surface area contributed by atoms with Gasteiger partial charge in [-0.3, -0.25) is 4.90 Å². The molecule has 0 aromatic heterocycles. The predicted octanol–water partition coefficient (Wildman–Crippen LogP) is 3.29. The first-order valence-electron chi connectivity index (χ1n) is 6.00. The van der Waals surface area contributed by atoms with Crippen LogP contribution in [0.2, 0.25) is 0 Å². The number of fused-ring (bicyclic) bond motifs is 1. The topological polar surface area (TPSA) is 3.24 Å². The zero-order chi connectivity index (χ0) is 10.7. The number of piperidine rings is 1. The first kappa shape index (κ1) is 10.5. The molecular formula is C13H25N. The van der Waals surface area contributed by atoms with Crippen molar-refractivity contribution in [2.45, 2.75) is 72.0 Å². The highest BCUT2D eigenvalue weighted by Crippen LogP contribution is 2.54. The van der Waals surface area contributed by atoms with Crippen LogP contribution < -0.4 is 0 Å². The molecule has 1 unspecified atom stereocenters. The Bertz CT molecular complexity index is 231. The SMILES string of the molecule is CC(C)(C)[C@@H]1C[C@H]2CC2N1C(C)(C)C. The molecule has 1 aliphatic carbocycles. The molecule has 3 atom stereocenters. The van der Waals surface area contributed by atoms with Crippen molar-refractivity contribution in [2.24, 2.45) is 11.3 Å². The van der Waals surface area contributed by atoms with Crippen LogP contribution in [0, 0.1) is 11.3 Å². The molecule has 1 heteroatoms. The number of likely N-dealkylation sites (tertiary alicyclic amines) is 1. The molecule has 2 rings (SSSR count). The van der Waals surface area contributed by atoms with Crippen LogP contribution in [0.25, 0.3) is 0 Å². The van der Waals surface area contributed by atoms with Crippen LogP contribution in [0.4, 0.5) is 0 Å². The molecule has 1 heterocycles. The highest BCUT2D eigenvalue weighted by molar-refractivity contribution is 5.11. The quantitative estimate of drug-likeness (QED) is 0.573. The van der Waals surface area contributed by atoms with Gasteiger partial charge in [0.1, 0.15) is 0 Å². The largest absolute Gasteiger partial charge is 0.292 e. The summed E-state index contributed by atoms with van der Waals surface area (Å²) in [6.07, 6.45) is 2.90. The number of nitrogens with zero attached hydrogens (tertiary/aromatic N) is 1. The summed E-state index contributed by atoms with van der Waals surface area (Å²) < 4.78 is 0. The molecule has 0 spiro atoms. The molecule has 14 heavy (non-hydrogen) atoms. The number of hydrogen-bond acceptors (Lipinski definition) is 1.